The van der Waals surface area contributed by atoms with Gasteiger partial charge in [-0.1, -0.05) is 82.1 Å². The number of carbonyl (C=O) groups is 1. The van der Waals surface area contributed by atoms with E-state index in [9.17, 15) is 22.0 Å². The summed E-state index contributed by atoms with van der Waals surface area (Å²) in [5, 5.41) is 8.39. The van der Waals surface area contributed by atoms with Crippen LogP contribution in [0.4, 0.5) is 8.78 Å². The SMILES string of the molecule is CS(=O)(=O)NC(=O)COC1C(Sc2ccc(Cl)c(Cl)c2)OC2COC(c3ccccc3)OC2[C@@H]1n1cc(-c2cc(F)c(Cl)c(F)c2)nn1. The average Bonchev–Trinajstić information content (AvgIpc) is 3.53. The highest BCUT2D eigenvalue weighted by atomic mass is 35.5. The van der Waals surface area contributed by atoms with Crippen molar-refractivity contribution in [1.29, 1.82) is 0 Å². The molecule has 1 N–H and O–H groups in total. The predicted molar refractivity (Wildman–Crippen MR) is 173 cm³/mol. The van der Waals surface area contributed by atoms with Gasteiger partial charge < -0.3 is 18.9 Å². The number of sulfonamides is 1. The largest absolute Gasteiger partial charge is 0.362 e. The molecule has 0 spiro atoms. The Hall–Kier alpha value is -2.86. The third-order valence-corrected chi connectivity index (χ3v) is 10.2. The number of aromatic nitrogens is 3. The number of benzene rings is 3. The molecule has 6 rings (SSSR count). The van der Waals surface area contributed by atoms with Crippen LogP contribution < -0.4 is 4.72 Å². The summed E-state index contributed by atoms with van der Waals surface area (Å²) in [6, 6.07) is 15.2. The van der Waals surface area contributed by atoms with E-state index in [0.29, 0.717) is 9.92 Å². The van der Waals surface area contributed by atoms with Crippen LogP contribution in [0.1, 0.15) is 17.9 Å². The van der Waals surface area contributed by atoms with Crippen LogP contribution >= 0.6 is 46.6 Å². The number of amides is 1. The highest BCUT2D eigenvalue weighted by Crippen LogP contribution is 2.45. The Morgan fingerprint density at radius 3 is 2.48 bits per heavy atom. The summed E-state index contributed by atoms with van der Waals surface area (Å²) in [7, 11) is -3.89. The third kappa shape index (κ3) is 7.95. The summed E-state index contributed by atoms with van der Waals surface area (Å²) in [6.45, 7) is -0.614. The van der Waals surface area contributed by atoms with Crippen LogP contribution in [-0.2, 0) is 33.8 Å². The van der Waals surface area contributed by atoms with E-state index in [-0.39, 0.29) is 22.9 Å². The minimum atomic E-state index is -3.89. The first kappa shape index (κ1) is 35.0. The molecule has 2 fully saturated rings. The first-order chi connectivity index (χ1) is 22.9. The topological polar surface area (TPSA) is 131 Å². The number of nitrogens with one attached hydrogen (secondary N) is 1. The van der Waals surface area contributed by atoms with Crippen molar-refractivity contribution in [3.63, 3.8) is 0 Å². The van der Waals surface area contributed by atoms with Gasteiger partial charge in [0, 0.05) is 16.0 Å². The van der Waals surface area contributed by atoms with Gasteiger partial charge in [-0.05, 0) is 30.3 Å². The number of halogens is 5. The van der Waals surface area contributed by atoms with Gasteiger partial charge in [-0.3, -0.25) is 9.52 Å². The summed E-state index contributed by atoms with van der Waals surface area (Å²) in [5.41, 5.74) is -0.0102. The minimum Gasteiger partial charge on any atom is -0.362 e. The van der Waals surface area contributed by atoms with Gasteiger partial charge in [0.15, 0.2) is 6.29 Å². The van der Waals surface area contributed by atoms with Gasteiger partial charge in [0.2, 0.25) is 10.0 Å². The van der Waals surface area contributed by atoms with Crippen LogP contribution in [0.15, 0.2) is 71.8 Å². The summed E-state index contributed by atoms with van der Waals surface area (Å²) in [6.07, 6.45) is -1.17. The molecule has 2 aliphatic heterocycles. The fourth-order valence-corrected chi connectivity index (χ4v) is 7.39. The van der Waals surface area contributed by atoms with Crippen molar-refractivity contribution in [2.75, 3.05) is 19.5 Å². The molecule has 48 heavy (non-hydrogen) atoms. The monoisotopic (exact) mass is 760 g/mol. The summed E-state index contributed by atoms with van der Waals surface area (Å²) >= 11 is 19.3. The van der Waals surface area contributed by atoms with Crippen molar-refractivity contribution < 1.29 is 40.9 Å². The molecule has 3 aromatic carbocycles. The Morgan fingerprint density at radius 2 is 1.79 bits per heavy atom. The molecular weight excluding hydrogens is 737 g/mol. The normalized spacial score (nSPS) is 24.2. The van der Waals surface area contributed by atoms with Crippen molar-refractivity contribution in [3.8, 4) is 11.3 Å². The quantitative estimate of drug-likeness (QED) is 0.209. The maximum absolute atomic E-state index is 14.4. The fourth-order valence-electron chi connectivity index (χ4n) is 5.27. The van der Waals surface area contributed by atoms with Crippen LogP contribution in [0.2, 0.25) is 15.1 Å². The smallest absolute Gasteiger partial charge is 0.259 e. The lowest BCUT2D eigenvalue weighted by atomic mass is 9.95. The summed E-state index contributed by atoms with van der Waals surface area (Å²) < 4.78 is 80.6. The van der Waals surface area contributed by atoms with Crippen LogP contribution in [0.25, 0.3) is 11.3 Å². The molecule has 2 aliphatic rings. The van der Waals surface area contributed by atoms with Crippen molar-refractivity contribution in [2.45, 2.75) is 41.0 Å². The number of thioether (sulfide) groups is 1. The molecular formula is C30H25Cl3F2N4O7S2. The second kappa shape index (κ2) is 14.5. The Morgan fingerprint density at radius 1 is 1.06 bits per heavy atom. The van der Waals surface area contributed by atoms with E-state index in [1.807, 2.05) is 35.1 Å². The Labute approximate surface area is 292 Å². The van der Waals surface area contributed by atoms with Gasteiger partial charge in [-0.25, -0.2) is 21.9 Å². The Kier molecular flexibility index (Phi) is 10.6. The molecule has 0 bridgehead atoms. The van der Waals surface area contributed by atoms with Crippen LogP contribution in [-0.4, -0.2) is 72.5 Å². The molecule has 4 aromatic rings. The van der Waals surface area contributed by atoms with Gasteiger partial charge in [0.05, 0.1) is 29.1 Å². The standard InChI is InChI=1S/C30H25Cl3F2N4O7S2/c1-48(41,42)37-24(40)14-43-28-26(39-12-22(36-38-39)16-9-20(34)25(33)21(35)10-16)27-23(13-44-29(46-27)15-5-3-2-4-6-15)45-30(28)47-17-7-8-18(31)19(32)11-17/h2-12,23,26-30H,13-14H2,1H3,(H,37,40)/t23?,26-,27?,28?,29?,30?/m0/s1. The molecule has 3 heterocycles. The molecule has 0 aliphatic carbocycles. The van der Waals surface area contributed by atoms with Crippen molar-refractivity contribution in [1.82, 2.24) is 19.7 Å². The van der Waals surface area contributed by atoms with Crippen molar-refractivity contribution in [2.24, 2.45) is 0 Å². The molecule has 1 amide bonds. The lowest BCUT2D eigenvalue weighted by Crippen LogP contribution is -2.59. The number of nitrogens with zero attached hydrogens (tertiary/aromatic N) is 3. The molecule has 0 saturated carbocycles. The first-order valence-electron chi connectivity index (χ1n) is 14.1. The van der Waals surface area contributed by atoms with Gasteiger partial charge in [0.1, 0.15) is 58.7 Å². The zero-order chi connectivity index (χ0) is 34.2. The van der Waals surface area contributed by atoms with Gasteiger partial charge in [0.25, 0.3) is 5.91 Å². The zero-order valence-electron chi connectivity index (χ0n) is 24.6. The molecule has 6 atom stereocenters. The number of ether oxygens (including phenoxy) is 4. The predicted octanol–water partition coefficient (Wildman–Crippen LogP) is 5.82. The van der Waals surface area contributed by atoms with Gasteiger partial charge in [-0.2, -0.15) is 0 Å². The number of hydrogen-bond donors (Lipinski definition) is 1. The van der Waals surface area contributed by atoms with Crippen LogP contribution in [0, 0.1) is 11.6 Å². The zero-order valence-corrected chi connectivity index (χ0v) is 28.5. The van der Waals surface area contributed by atoms with Crippen LogP contribution in [0.5, 0.6) is 0 Å². The molecule has 18 heteroatoms. The van der Waals surface area contributed by atoms with Crippen LogP contribution in [0.3, 0.4) is 0 Å². The minimum absolute atomic E-state index is 0.0612. The highest BCUT2D eigenvalue weighted by molar-refractivity contribution is 7.99. The molecule has 11 nitrogen and oxygen atoms in total. The molecule has 254 valence electrons. The maximum Gasteiger partial charge on any atom is 0.259 e. The van der Waals surface area contributed by atoms with E-state index in [0.717, 1.165) is 24.0 Å². The first-order valence-corrected chi connectivity index (χ1v) is 18.0. The van der Waals surface area contributed by atoms with Gasteiger partial charge >= 0.3 is 0 Å². The van der Waals surface area contributed by atoms with E-state index in [4.69, 9.17) is 53.8 Å². The highest BCUT2D eigenvalue weighted by Gasteiger charge is 2.52. The number of rotatable bonds is 9. The molecule has 2 saturated heterocycles. The lowest BCUT2D eigenvalue weighted by Gasteiger charge is -2.49. The second-order valence-electron chi connectivity index (χ2n) is 10.8. The van der Waals surface area contributed by atoms with Crippen molar-refractivity contribution in [3.05, 3.63) is 99.1 Å². The lowest BCUT2D eigenvalue weighted by molar-refractivity contribution is -0.309. The summed E-state index contributed by atoms with van der Waals surface area (Å²) in [5.74, 6) is -2.90. The molecule has 5 unspecified atom stereocenters. The molecule has 0 radical (unpaired) electrons. The van der Waals surface area contributed by atoms with E-state index in [2.05, 4.69) is 10.3 Å². The van der Waals surface area contributed by atoms with E-state index in [1.165, 1.54) is 22.6 Å². The van der Waals surface area contributed by atoms with E-state index < -0.39 is 75.3 Å². The van der Waals surface area contributed by atoms with E-state index in [1.54, 1.807) is 18.2 Å². The summed E-state index contributed by atoms with van der Waals surface area (Å²) in [4.78, 5) is 13.3. The number of carbonyl (C=O) groups excluding carboxylic acids is 1. The third-order valence-electron chi connectivity index (χ3n) is 7.33. The fraction of sp³-hybridized carbons (Fsp3) is 0.300. The van der Waals surface area contributed by atoms with Gasteiger partial charge in [-0.15, -0.1) is 5.10 Å². The Bertz CT molecular complexity index is 1900. The van der Waals surface area contributed by atoms with E-state index >= 15 is 0 Å². The maximum atomic E-state index is 14.4. The average molecular weight is 762 g/mol. The second-order valence-corrected chi connectivity index (χ2v) is 14.9. The number of fused-ring (bicyclic) bond motifs is 1. The Balaban J connectivity index is 1.41. The molecule has 1 aromatic heterocycles. The number of hydrogen-bond acceptors (Lipinski definition) is 10. The van der Waals surface area contributed by atoms with Crippen molar-refractivity contribution >= 4 is 62.5 Å².